The Hall–Kier alpha value is -2.00. The third kappa shape index (κ3) is 4.50. The number of aryl methyl sites for hydroxylation is 1. The number of anilines is 1. The van der Waals surface area contributed by atoms with Crippen molar-refractivity contribution < 1.29 is 9.53 Å². The summed E-state index contributed by atoms with van der Waals surface area (Å²) in [7, 11) is 1.58. The van der Waals surface area contributed by atoms with E-state index in [2.05, 4.69) is 5.32 Å². The highest BCUT2D eigenvalue weighted by Gasteiger charge is 2.07. The molecule has 1 N–H and O–H groups in total. The molecule has 0 atom stereocenters. The molecule has 3 nitrogen and oxygen atoms in total. The molecule has 2 aromatic rings. The van der Waals surface area contributed by atoms with Gasteiger partial charge in [-0.2, -0.15) is 0 Å². The zero-order valence-corrected chi connectivity index (χ0v) is 12.7. The summed E-state index contributed by atoms with van der Waals surface area (Å²) in [5.74, 6) is 1.15. The van der Waals surface area contributed by atoms with E-state index in [4.69, 9.17) is 16.3 Å². The lowest BCUT2D eigenvalue weighted by molar-refractivity contribution is 0.102. The van der Waals surface area contributed by atoms with E-state index in [0.29, 0.717) is 17.2 Å². The Labute approximate surface area is 129 Å². The molecule has 0 heterocycles. The van der Waals surface area contributed by atoms with Gasteiger partial charge in [0.25, 0.3) is 5.91 Å². The molecule has 0 unspecified atom stereocenters. The first-order valence-electron chi connectivity index (χ1n) is 6.83. The van der Waals surface area contributed by atoms with Crippen molar-refractivity contribution in [1.82, 2.24) is 0 Å². The minimum Gasteiger partial charge on any atom is -0.497 e. The highest BCUT2D eigenvalue weighted by molar-refractivity contribution is 6.17. The summed E-state index contributed by atoms with van der Waals surface area (Å²) in [6, 6.07) is 14.9. The Morgan fingerprint density at radius 1 is 1.19 bits per heavy atom. The Balaban J connectivity index is 2.08. The maximum atomic E-state index is 12.2. The first-order valence-corrected chi connectivity index (χ1v) is 7.36. The van der Waals surface area contributed by atoms with Gasteiger partial charge in [-0.15, -0.1) is 11.6 Å². The standard InChI is InChI=1S/C17H18ClNO2/c1-21-16-9-3-7-14(12-16)17(20)19-15-8-2-5-13(11-15)6-4-10-18/h2-3,5,7-9,11-12H,4,6,10H2,1H3,(H,19,20). The summed E-state index contributed by atoms with van der Waals surface area (Å²) < 4.78 is 5.13. The third-order valence-electron chi connectivity index (χ3n) is 3.12. The number of carbonyl (C=O) groups excluding carboxylic acids is 1. The maximum absolute atomic E-state index is 12.2. The van der Waals surface area contributed by atoms with Crippen LogP contribution in [0.5, 0.6) is 5.75 Å². The zero-order valence-electron chi connectivity index (χ0n) is 11.9. The summed E-state index contributed by atoms with van der Waals surface area (Å²) in [4.78, 5) is 12.2. The van der Waals surface area contributed by atoms with Crippen molar-refractivity contribution in [3.63, 3.8) is 0 Å². The number of halogens is 1. The van der Waals surface area contributed by atoms with Crippen molar-refractivity contribution in [3.05, 3.63) is 59.7 Å². The largest absolute Gasteiger partial charge is 0.497 e. The van der Waals surface area contributed by atoms with Crippen molar-refractivity contribution in [2.24, 2.45) is 0 Å². The van der Waals surface area contributed by atoms with E-state index in [0.717, 1.165) is 18.5 Å². The summed E-state index contributed by atoms with van der Waals surface area (Å²) in [5, 5.41) is 2.90. The number of methoxy groups -OCH3 is 1. The fourth-order valence-electron chi connectivity index (χ4n) is 2.04. The average Bonchev–Trinajstić information content (AvgIpc) is 2.53. The van der Waals surface area contributed by atoms with Gasteiger partial charge in [0.15, 0.2) is 0 Å². The van der Waals surface area contributed by atoms with Crippen LogP contribution in [0.4, 0.5) is 5.69 Å². The van der Waals surface area contributed by atoms with Crippen molar-refractivity contribution in [2.45, 2.75) is 12.8 Å². The van der Waals surface area contributed by atoms with E-state index in [1.54, 1.807) is 25.3 Å². The summed E-state index contributed by atoms with van der Waals surface area (Å²) in [6.45, 7) is 0. The van der Waals surface area contributed by atoms with Gasteiger partial charge in [0.05, 0.1) is 7.11 Å². The van der Waals surface area contributed by atoms with E-state index < -0.39 is 0 Å². The second kappa shape index (κ2) is 7.70. The van der Waals surface area contributed by atoms with Gasteiger partial charge in [-0.1, -0.05) is 18.2 Å². The first-order chi connectivity index (χ1) is 10.2. The van der Waals surface area contributed by atoms with Crippen LogP contribution in [0.15, 0.2) is 48.5 Å². The van der Waals surface area contributed by atoms with E-state index in [1.165, 1.54) is 5.56 Å². The van der Waals surface area contributed by atoms with Crippen molar-refractivity contribution >= 4 is 23.2 Å². The topological polar surface area (TPSA) is 38.3 Å². The summed E-state index contributed by atoms with van der Waals surface area (Å²) in [6.07, 6.45) is 1.83. The van der Waals surface area contributed by atoms with E-state index in [1.807, 2.05) is 30.3 Å². The molecule has 110 valence electrons. The van der Waals surface area contributed by atoms with Crippen LogP contribution in [-0.2, 0) is 6.42 Å². The van der Waals surface area contributed by atoms with Crippen LogP contribution in [0.2, 0.25) is 0 Å². The van der Waals surface area contributed by atoms with Crippen molar-refractivity contribution in [3.8, 4) is 5.75 Å². The summed E-state index contributed by atoms with van der Waals surface area (Å²) >= 11 is 5.70. The molecule has 0 aliphatic heterocycles. The molecule has 0 spiro atoms. The number of hydrogen-bond acceptors (Lipinski definition) is 2. The second-order valence-corrected chi connectivity index (χ2v) is 5.06. The number of carbonyl (C=O) groups is 1. The molecule has 0 aliphatic rings. The zero-order chi connectivity index (χ0) is 15.1. The van der Waals surface area contributed by atoms with Gasteiger partial charge in [-0.25, -0.2) is 0 Å². The van der Waals surface area contributed by atoms with Crippen LogP contribution in [0, 0.1) is 0 Å². The van der Waals surface area contributed by atoms with Crippen LogP contribution in [0.25, 0.3) is 0 Å². The highest BCUT2D eigenvalue weighted by atomic mass is 35.5. The number of ether oxygens (including phenoxy) is 1. The molecule has 4 heteroatoms. The first kappa shape index (κ1) is 15.4. The van der Waals surface area contributed by atoms with Gasteiger partial charge >= 0.3 is 0 Å². The molecule has 21 heavy (non-hydrogen) atoms. The lowest BCUT2D eigenvalue weighted by atomic mass is 10.1. The molecule has 0 bridgehead atoms. The van der Waals surface area contributed by atoms with E-state index in [9.17, 15) is 4.79 Å². The number of benzene rings is 2. The quantitative estimate of drug-likeness (QED) is 0.815. The molecule has 0 fully saturated rings. The molecular formula is C17H18ClNO2. The third-order valence-corrected chi connectivity index (χ3v) is 3.38. The minimum atomic E-state index is -0.150. The fourth-order valence-corrected chi connectivity index (χ4v) is 2.18. The van der Waals surface area contributed by atoms with Gasteiger partial charge in [-0.05, 0) is 48.7 Å². The predicted molar refractivity (Wildman–Crippen MR) is 86.4 cm³/mol. The smallest absolute Gasteiger partial charge is 0.255 e. The number of rotatable bonds is 6. The number of hydrogen-bond donors (Lipinski definition) is 1. The molecule has 2 rings (SSSR count). The van der Waals surface area contributed by atoms with Crippen LogP contribution in [-0.4, -0.2) is 18.9 Å². The fraction of sp³-hybridized carbons (Fsp3) is 0.235. The highest BCUT2D eigenvalue weighted by Crippen LogP contribution is 2.16. The molecule has 0 saturated heterocycles. The Kier molecular flexibility index (Phi) is 5.64. The Bertz CT molecular complexity index is 613. The van der Waals surface area contributed by atoms with Gasteiger partial charge in [0, 0.05) is 17.1 Å². The van der Waals surface area contributed by atoms with Crippen LogP contribution >= 0.6 is 11.6 Å². The maximum Gasteiger partial charge on any atom is 0.255 e. The van der Waals surface area contributed by atoms with E-state index in [-0.39, 0.29) is 5.91 Å². The molecule has 0 radical (unpaired) electrons. The lowest BCUT2D eigenvalue weighted by Crippen LogP contribution is -2.12. The summed E-state index contributed by atoms with van der Waals surface area (Å²) in [5.41, 5.74) is 2.52. The average molecular weight is 304 g/mol. The van der Waals surface area contributed by atoms with Gasteiger partial charge in [-0.3, -0.25) is 4.79 Å². The minimum absolute atomic E-state index is 0.150. The molecular weight excluding hydrogens is 286 g/mol. The van der Waals surface area contributed by atoms with Crippen LogP contribution in [0.3, 0.4) is 0 Å². The SMILES string of the molecule is COc1cccc(C(=O)Nc2cccc(CCCCl)c2)c1. The molecule has 2 aromatic carbocycles. The monoisotopic (exact) mass is 303 g/mol. The van der Waals surface area contributed by atoms with Crippen molar-refractivity contribution in [1.29, 1.82) is 0 Å². The number of nitrogens with one attached hydrogen (secondary N) is 1. The van der Waals surface area contributed by atoms with Crippen LogP contribution < -0.4 is 10.1 Å². The second-order valence-electron chi connectivity index (χ2n) is 4.68. The molecule has 0 aliphatic carbocycles. The number of alkyl halides is 1. The molecule has 0 saturated carbocycles. The van der Waals surface area contributed by atoms with E-state index >= 15 is 0 Å². The lowest BCUT2D eigenvalue weighted by Gasteiger charge is -2.08. The normalized spacial score (nSPS) is 10.2. The van der Waals surface area contributed by atoms with Gasteiger partial charge in [0.2, 0.25) is 0 Å². The molecule has 1 amide bonds. The Morgan fingerprint density at radius 3 is 2.76 bits per heavy atom. The predicted octanol–water partition coefficient (Wildman–Crippen LogP) is 4.12. The van der Waals surface area contributed by atoms with Gasteiger partial charge in [0.1, 0.15) is 5.75 Å². The Morgan fingerprint density at radius 2 is 2.00 bits per heavy atom. The number of amides is 1. The van der Waals surface area contributed by atoms with Crippen LogP contribution in [0.1, 0.15) is 22.3 Å². The molecule has 0 aromatic heterocycles. The van der Waals surface area contributed by atoms with Crippen molar-refractivity contribution in [2.75, 3.05) is 18.3 Å². The van der Waals surface area contributed by atoms with Gasteiger partial charge < -0.3 is 10.1 Å².